The van der Waals surface area contributed by atoms with Crippen LogP contribution in [-0.4, -0.2) is 77.6 Å². The molecule has 8 nitrogen and oxygen atoms in total. The van der Waals surface area contributed by atoms with Crippen LogP contribution >= 0.6 is 11.6 Å². The van der Waals surface area contributed by atoms with Gasteiger partial charge < -0.3 is 9.64 Å². The number of carbonyl (C=O) groups excluding carboxylic acids is 1. The number of carbonyl (C=O) groups is 1. The molecule has 1 atom stereocenters. The minimum Gasteiger partial charge on any atom is -0.493 e. The molecule has 0 radical (unpaired) electrons. The maximum Gasteiger partial charge on any atom is 0.257 e. The SMILES string of the molecule is CCOc1c(C(=O)N2CCN(CCc3ccccc3Cl)CC2)ccc2c1C(S(=O)(=O)c1ccccc1)CS2(=O)=O. The van der Waals surface area contributed by atoms with E-state index in [1.54, 1.807) is 30.0 Å². The predicted octanol–water partition coefficient (Wildman–Crippen LogP) is 4.04. The van der Waals surface area contributed by atoms with Crippen LogP contribution in [0.3, 0.4) is 0 Å². The molecule has 1 unspecified atom stereocenters. The Bertz CT molecular complexity index is 1620. The number of piperazine rings is 1. The van der Waals surface area contributed by atoms with Crippen molar-refractivity contribution in [3.8, 4) is 5.75 Å². The molecule has 212 valence electrons. The van der Waals surface area contributed by atoms with Gasteiger partial charge in [-0.1, -0.05) is 48.0 Å². The summed E-state index contributed by atoms with van der Waals surface area (Å²) in [5, 5.41) is -0.628. The van der Waals surface area contributed by atoms with Crippen LogP contribution in [0.25, 0.3) is 0 Å². The second kappa shape index (κ2) is 11.5. The molecule has 0 N–H and O–H groups in total. The number of hydrogen-bond acceptors (Lipinski definition) is 7. The molecule has 0 bridgehead atoms. The van der Waals surface area contributed by atoms with Crippen molar-refractivity contribution in [1.29, 1.82) is 0 Å². The quantitative estimate of drug-likeness (QED) is 0.383. The number of halogens is 1. The molecule has 3 aromatic rings. The van der Waals surface area contributed by atoms with Crippen LogP contribution in [0.2, 0.25) is 5.02 Å². The molecule has 0 spiro atoms. The minimum absolute atomic E-state index is 0.0233. The zero-order chi connectivity index (χ0) is 28.5. The standard InChI is InChI=1S/C29H31ClN2O6S2/c1-2-38-28-23(29(33)32-18-16-31(17-19-32)15-14-21-8-6-7-11-24(21)30)12-13-25-27(28)26(20-39(25,34)35)40(36,37)22-9-4-3-5-10-22/h3-13,26H,2,14-20H2,1H3. The van der Waals surface area contributed by atoms with Gasteiger partial charge in [-0.2, -0.15) is 0 Å². The van der Waals surface area contributed by atoms with Crippen molar-refractivity contribution in [1.82, 2.24) is 9.80 Å². The first-order valence-electron chi connectivity index (χ1n) is 13.2. The Hall–Kier alpha value is -2.92. The Morgan fingerprint density at radius 2 is 1.65 bits per heavy atom. The van der Waals surface area contributed by atoms with Gasteiger partial charge in [-0.3, -0.25) is 9.69 Å². The molecule has 1 saturated heterocycles. The van der Waals surface area contributed by atoms with Gasteiger partial charge in [-0.05, 0) is 49.2 Å². The van der Waals surface area contributed by atoms with E-state index < -0.39 is 30.7 Å². The molecule has 1 fully saturated rings. The maximum absolute atomic E-state index is 13.7. The molecular weight excluding hydrogens is 572 g/mol. The van der Waals surface area contributed by atoms with E-state index in [1.165, 1.54) is 24.3 Å². The van der Waals surface area contributed by atoms with Gasteiger partial charge in [0.1, 0.15) is 11.0 Å². The van der Waals surface area contributed by atoms with E-state index in [0.29, 0.717) is 26.2 Å². The lowest BCUT2D eigenvalue weighted by atomic mass is 10.0. The van der Waals surface area contributed by atoms with Crippen LogP contribution in [0.15, 0.2) is 76.5 Å². The highest BCUT2D eigenvalue weighted by atomic mass is 35.5. The van der Waals surface area contributed by atoms with Crippen molar-refractivity contribution in [2.75, 3.05) is 45.1 Å². The molecule has 2 aliphatic heterocycles. The first-order chi connectivity index (χ1) is 19.1. The number of sulfone groups is 2. The van der Waals surface area contributed by atoms with E-state index in [-0.39, 0.29) is 39.2 Å². The fourth-order valence-electron chi connectivity index (χ4n) is 5.34. The zero-order valence-corrected chi connectivity index (χ0v) is 24.5. The first kappa shape index (κ1) is 28.6. The molecule has 3 aromatic carbocycles. The van der Waals surface area contributed by atoms with Crippen LogP contribution in [0.1, 0.15) is 33.7 Å². The molecule has 5 rings (SSSR count). The number of fused-ring (bicyclic) bond motifs is 1. The van der Waals surface area contributed by atoms with E-state index in [2.05, 4.69) is 4.90 Å². The van der Waals surface area contributed by atoms with Crippen LogP contribution in [0.5, 0.6) is 5.75 Å². The molecule has 40 heavy (non-hydrogen) atoms. The number of amides is 1. The number of nitrogens with zero attached hydrogens (tertiary/aromatic N) is 2. The monoisotopic (exact) mass is 602 g/mol. The lowest BCUT2D eigenvalue weighted by Gasteiger charge is -2.35. The van der Waals surface area contributed by atoms with Gasteiger partial charge in [0.2, 0.25) is 0 Å². The summed E-state index contributed by atoms with van der Waals surface area (Å²) < 4.78 is 59.2. The van der Waals surface area contributed by atoms with E-state index in [9.17, 15) is 21.6 Å². The fourth-order valence-corrected chi connectivity index (χ4v) is 9.90. The average Bonchev–Trinajstić information content (AvgIpc) is 3.25. The molecular formula is C29H31ClN2O6S2. The lowest BCUT2D eigenvalue weighted by molar-refractivity contribution is 0.0634. The normalized spacial score (nSPS) is 18.9. The molecule has 2 aliphatic rings. The summed E-state index contributed by atoms with van der Waals surface area (Å²) in [5.74, 6) is -0.865. The highest BCUT2D eigenvalue weighted by Gasteiger charge is 2.46. The summed E-state index contributed by atoms with van der Waals surface area (Å²) in [7, 11) is -7.96. The van der Waals surface area contributed by atoms with Gasteiger partial charge >= 0.3 is 0 Å². The lowest BCUT2D eigenvalue weighted by Crippen LogP contribution is -2.49. The zero-order valence-electron chi connectivity index (χ0n) is 22.1. The van der Waals surface area contributed by atoms with Gasteiger partial charge in [-0.15, -0.1) is 0 Å². The third kappa shape index (κ3) is 5.50. The largest absolute Gasteiger partial charge is 0.493 e. The van der Waals surface area contributed by atoms with Crippen LogP contribution in [0, 0.1) is 0 Å². The van der Waals surface area contributed by atoms with Gasteiger partial charge in [-0.25, -0.2) is 16.8 Å². The fraction of sp³-hybridized carbons (Fsp3) is 0.345. The van der Waals surface area contributed by atoms with E-state index in [0.717, 1.165) is 23.6 Å². The summed E-state index contributed by atoms with van der Waals surface area (Å²) in [6.07, 6.45) is 0.804. The van der Waals surface area contributed by atoms with Gasteiger partial charge in [0.25, 0.3) is 5.91 Å². The third-order valence-corrected chi connectivity index (χ3v) is 11.9. The smallest absolute Gasteiger partial charge is 0.257 e. The molecule has 1 amide bonds. The van der Waals surface area contributed by atoms with E-state index in [1.807, 2.05) is 24.3 Å². The van der Waals surface area contributed by atoms with Crippen LogP contribution in [-0.2, 0) is 26.1 Å². The molecule has 0 aromatic heterocycles. The summed E-state index contributed by atoms with van der Waals surface area (Å²) in [4.78, 5) is 17.6. The minimum atomic E-state index is -4.07. The van der Waals surface area contributed by atoms with Crippen molar-refractivity contribution >= 4 is 37.2 Å². The Kier molecular flexibility index (Phi) is 8.24. The Morgan fingerprint density at radius 1 is 0.975 bits per heavy atom. The molecule has 11 heteroatoms. The number of ether oxygens (including phenoxy) is 1. The van der Waals surface area contributed by atoms with Gasteiger partial charge in [0, 0.05) is 43.3 Å². The van der Waals surface area contributed by atoms with Crippen molar-refractivity contribution in [3.63, 3.8) is 0 Å². The number of benzene rings is 3. The van der Waals surface area contributed by atoms with Gasteiger partial charge in [0.05, 0.1) is 27.7 Å². The van der Waals surface area contributed by atoms with Gasteiger partial charge in [0.15, 0.2) is 19.7 Å². The van der Waals surface area contributed by atoms with Crippen molar-refractivity contribution < 1.29 is 26.4 Å². The maximum atomic E-state index is 13.7. The Balaban J connectivity index is 1.40. The average molecular weight is 603 g/mol. The predicted molar refractivity (Wildman–Crippen MR) is 154 cm³/mol. The number of hydrogen-bond donors (Lipinski definition) is 0. The molecule has 0 saturated carbocycles. The summed E-state index contributed by atoms with van der Waals surface area (Å²) >= 11 is 6.29. The molecule has 0 aliphatic carbocycles. The topological polar surface area (TPSA) is 101 Å². The second-order valence-electron chi connectivity index (χ2n) is 9.89. The van der Waals surface area contributed by atoms with Crippen molar-refractivity contribution in [2.24, 2.45) is 0 Å². The van der Waals surface area contributed by atoms with Crippen LogP contribution < -0.4 is 4.74 Å². The summed E-state index contributed by atoms with van der Waals surface area (Å²) in [6.45, 7) is 4.98. The van der Waals surface area contributed by atoms with E-state index >= 15 is 0 Å². The van der Waals surface area contributed by atoms with Crippen molar-refractivity contribution in [3.05, 3.63) is 88.4 Å². The third-order valence-electron chi connectivity index (χ3n) is 7.46. The first-order valence-corrected chi connectivity index (χ1v) is 16.8. The van der Waals surface area contributed by atoms with E-state index in [4.69, 9.17) is 16.3 Å². The second-order valence-corrected chi connectivity index (χ2v) is 14.4. The highest BCUT2D eigenvalue weighted by Crippen LogP contribution is 2.47. The summed E-state index contributed by atoms with van der Waals surface area (Å²) in [6, 6.07) is 18.3. The van der Waals surface area contributed by atoms with Crippen molar-refractivity contribution in [2.45, 2.75) is 28.4 Å². The Labute approximate surface area is 240 Å². The number of rotatable bonds is 8. The Morgan fingerprint density at radius 3 is 2.33 bits per heavy atom. The summed E-state index contributed by atoms with van der Waals surface area (Å²) in [5.41, 5.74) is 1.31. The van der Waals surface area contributed by atoms with Crippen LogP contribution in [0.4, 0.5) is 0 Å². The highest BCUT2D eigenvalue weighted by molar-refractivity contribution is 7.96. The molecule has 2 heterocycles.